The molecule has 176 valence electrons. The predicted octanol–water partition coefficient (Wildman–Crippen LogP) is 8.02. The molecule has 5 saturated carbocycles. The lowest BCUT2D eigenvalue weighted by molar-refractivity contribution is -0.142. The highest BCUT2D eigenvalue weighted by atomic mass is 16.3. The molecule has 0 saturated heterocycles. The van der Waals surface area contributed by atoms with Gasteiger partial charge in [-0.15, -0.1) is 0 Å². The maximum Gasteiger partial charge on any atom is 0.0568 e. The SMILES string of the molecule is C=C(CCC(C)C1CC[C@@]2(C)C3CCC4C(C)C(O)CC[C@@]45C[C@@]35CC[C@]12C)C(C)C. The number of fused-ring (bicyclic) bond motifs is 2. The molecule has 5 aliphatic rings. The largest absolute Gasteiger partial charge is 0.393 e. The fourth-order valence-electron chi connectivity index (χ4n) is 10.9. The Morgan fingerprint density at radius 3 is 2.39 bits per heavy atom. The van der Waals surface area contributed by atoms with Crippen molar-refractivity contribution < 1.29 is 5.11 Å². The molecule has 5 aliphatic carbocycles. The standard InChI is InChI=1S/C30H50O/c1-19(2)20(3)8-9-21(4)23-12-14-28(7)26-11-10-24-22(5)25(31)13-15-29(24)18-30(26,29)17-16-27(23,28)6/h19,21-26,31H,3,8-18H2,1-2,4-7H3/t21?,22?,23?,24?,25?,26?,27-,28+,29-,30+/m1/s1. The van der Waals surface area contributed by atoms with Crippen LogP contribution in [0.5, 0.6) is 0 Å². The second kappa shape index (κ2) is 7.10. The third-order valence-corrected chi connectivity index (χ3v) is 13.1. The van der Waals surface area contributed by atoms with Crippen molar-refractivity contribution in [3.05, 3.63) is 12.2 Å². The summed E-state index contributed by atoms with van der Waals surface area (Å²) < 4.78 is 0. The molecular formula is C30H50O. The first kappa shape index (κ1) is 22.5. The Balaban J connectivity index is 1.37. The van der Waals surface area contributed by atoms with E-state index in [4.69, 9.17) is 0 Å². The van der Waals surface area contributed by atoms with Gasteiger partial charge in [-0.2, -0.15) is 0 Å². The number of aliphatic hydroxyl groups is 1. The van der Waals surface area contributed by atoms with Crippen LogP contribution >= 0.6 is 0 Å². The number of allylic oxidation sites excluding steroid dienone is 1. The second-order valence-corrected chi connectivity index (χ2v) is 14.0. The minimum absolute atomic E-state index is 0.0356. The topological polar surface area (TPSA) is 20.2 Å². The minimum atomic E-state index is -0.0356. The van der Waals surface area contributed by atoms with E-state index in [9.17, 15) is 5.11 Å². The lowest BCUT2D eigenvalue weighted by Gasteiger charge is -2.62. The van der Waals surface area contributed by atoms with E-state index in [0.29, 0.717) is 33.5 Å². The summed E-state index contributed by atoms with van der Waals surface area (Å²) in [6.45, 7) is 19.4. The van der Waals surface area contributed by atoms with Crippen LogP contribution in [0.15, 0.2) is 12.2 Å². The summed E-state index contributed by atoms with van der Waals surface area (Å²) in [6, 6.07) is 0. The van der Waals surface area contributed by atoms with Crippen molar-refractivity contribution >= 4 is 0 Å². The normalized spacial score (nSPS) is 53.9. The van der Waals surface area contributed by atoms with Gasteiger partial charge in [0.05, 0.1) is 6.10 Å². The summed E-state index contributed by atoms with van der Waals surface area (Å²) in [6.07, 6.45) is 15.1. The Morgan fingerprint density at radius 1 is 0.935 bits per heavy atom. The van der Waals surface area contributed by atoms with E-state index < -0.39 is 0 Å². The fourth-order valence-corrected chi connectivity index (χ4v) is 10.9. The number of hydrogen-bond acceptors (Lipinski definition) is 1. The van der Waals surface area contributed by atoms with Gasteiger partial charge in [0.1, 0.15) is 0 Å². The van der Waals surface area contributed by atoms with Crippen molar-refractivity contribution in [2.45, 2.75) is 118 Å². The first-order valence-corrected chi connectivity index (χ1v) is 13.9. The Labute approximate surface area is 192 Å². The van der Waals surface area contributed by atoms with Crippen LogP contribution in [0.3, 0.4) is 0 Å². The summed E-state index contributed by atoms with van der Waals surface area (Å²) in [5, 5.41) is 10.6. The average molecular weight is 427 g/mol. The lowest BCUT2D eigenvalue weighted by atomic mass is 9.43. The molecule has 5 fully saturated rings. The zero-order valence-electron chi connectivity index (χ0n) is 21.5. The minimum Gasteiger partial charge on any atom is -0.393 e. The van der Waals surface area contributed by atoms with Gasteiger partial charge >= 0.3 is 0 Å². The van der Waals surface area contributed by atoms with Gasteiger partial charge in [-0.05, 0) is 128 Å². The molecule has 0 aromatic carbocycles. The molecule has 5 rings (SSSR count). The van der Waals surface area contributed by atoms with Gasteiger partial charge in [0.2, 0.25) is 0 Å². The Hall–Kier alpha value is -0.300. The van der Waals surface area contributed by atoms with Gasteiger partial charge in [0, 0.05) is 0 Å². The molecule has 6 unspecified atom stereocenters. The van der Waals surface area contributed by atoms with Gasteiger partial charge in [0.15, 0.2) is 0 Å². The third-order valence-electron chi connectivity index (χ3n) is 13.1. The molecule has 0 aromatic rings. The van der Waals surface area contributed by atoms with Crippen molar-refractivity contribution in [2.75, 3.05) is 0 Å². The van der Waals surface area contributed by atoms with E-state index in [2.05, 4.69) is 48.1 Å². The molecule has 1 heteroatoms. The van der Waals surface area contributed by atoms with E-state index in [1.54, 1.807) is 0 Å². The molecule has 0 radical (unpaired) electrons. The second-order valence-electron chi connectivity index (χ2n) is 14.0. The summed E-state index contributed by atoms with van der Waals surface area (Å²) in [4.78, 5) is 0. The van der Waals surface area contributed by atoms with E-state index in [0.717, 1.165) is 30.1 Å². The maximum absolute atomic E-state index is 10.6. The van der Waals surface area contributed by atoms with Crippen molar-refractivity contribution in [1.82, 2.24) is 0 Å². The van der Waals surface area contributed by atoms with Crippen LogP contribution in [0.4, 0.5) is 0 Å². The van der Waals surface area contributed by atoms with Gasteiger partial charge in [-0.3, -0.25) is 0 Å². The smallest absolute Gasteiger partial charge is 0.0568 e. The highest BCUT2D eigenvalue weighted by Crippen LogP contribution is 2.88. The Bertz CT molecular complexity index is 739. The molecule has 0 bridgehead atoms. The first-order chi connectivity index (χ1) is 14.5. The third kappa shape index (κ3) is 2.77. The van der Waals surface area contributed by atoms with Crippen LogP contribution in [-0.2, 0) is 0 Å². The Morgan fingerprint density at radius 2 is 1.68 bits per heavy atom. The predicted molar refractivity (Wildman–Crippen MR) is 131 cm³/mol. The quantitative estimate of drug-likeness (QED) is 0.441. The summed E-state index contributed by atoms with van der Waals surface area (Å²) in [5.41, 5.74) is 3.76. The van der Waals surface area contributed by atoms with Crippen molar-refractivity contribution in [1.29, 1.82) is 0 Å². The van der Waals surface area contributed by atoms with Crippen LogP contribution < -0.4 is 0 Å². The van der Waals surface area contributed by atoms with Crippen LogP contribution in [0.25, 0.3) is 0 Å². The molecule has 31 heavy (non-hydrogen) atoms. The summed E-state index contributed by atoms with van der Waals surface area (Å²) >= 11 is 0. The number of rotatable bonds is 5. The van der Waals surface area contributed by atoms with Crippen LogP contribution in [0, 0.1) is 57.2 Å². The van der Waals surface area contributed by atoms with Crippen molar-refractivity contribution in [2.24, 2.45) is 57.2 Å². The average Bonchev–Trinajstić information content (AvgIpc) is 3.31. The Kier molecular flexibility index (Phi) is 5.15. The summed E-state index contributed by atoms with van der Waals surface area (Å²) in [5.74, 6) is 4.63. The first-order valence-electron chi connectivity index (χ1n) is 13.9. The molecule has 1 nitrogen and oxygen atoms in total. The highest BCUT2D eigenvalue weighted by molar-refractivity contribution is 5.29. The van der Waals surface area contributed by atoms with E-state index >= 15 is 0 Å². The van der Waals surface area contributed by atoms with E-state index in [-0.39, 0.29) is 6.10 Å². The van der Waals surface area contributed by atoms with Crippen LogP contribution in [0.1, 0.15) is 112 Å². The van der Waals surface area contributed by atoms with Crippen LogP contribution in [0.2, 0.25) is 0 Å². The molecule has 0 heterocycles. The van der Waals surface area contributed by atoms with Gasteiger partial charge < -0.3 is 5.11 Å². The van der Waals surface area contributed by atoms with Crippen molar-refractivity contribution in [3.63, 3.8) is 0 Å². The van der Waals surface area contributed by atoms with E-state index in [1.807, 2.05) is 0 Å². The molecular weight excluding hydrogens is 376 g/mol. The maximum atomic E-state index is 10.6. The zero-order valence-corrected chi connectivity index (χ0v) is 21.5. The highest BCUT2D eigenvalue weighted by Gasteiger charge is 2.81. The number of hydrogen-bond donors (Lipinski definition) is 1. The monoisotopic (exact) mass is 426 g/mol. The molecule has 0 aliphatic heterocycles. The van der Waals surface area contributed by atoms with Crippen LogP contribution in [-0.4, -0.2) is 11.2 Å². The van der Waals surface area contributed by atoms with Crippen molar-refractivity contribution in [3.8, 4) is 0 Å². The molecule has 10 atom stereocenters. The molecule has 0 amide bonds. The van der Waals surface area contributed by atoms with E-state index in [1.165, 1.54) is 69.8 Å². The fraction of sp³-hybridized carbons (Fsp3) is 0.933. The van der Waals surface area contributed by atoms with Gasteiger partial charge in [0.25, 0.3) is 0 Å². The molecule has 0 aromatic heterocycles. The summed E-state index contributed by atoms with van der Waals surface area (Å²) in [7, 11) is 0. The molecule has 1 N–H and O–H groups in total. The zero-order chi connectivity index (χ0) is 22.4. The van der Waals surface area contributed by atoms with Gasteiger partial charge in [-0.25, -0.2) is 0 Å². The van der Waals surface area contributed by atoms with Gasteiger partial charge in [-0.1, -0.05) is 53.7 Å². The lowest BCUT2D eigenvalue weighted by Crippen LogP contribution is -2.55. The number of aliphatic hydroxyl groups excluding tert-OH is 1. The molecule has 2 spiro atoms.